The van der Waals surface area contributed by atoms with Gasteiger partial charge in [-0.2, -0.15) is 0 Å². The number of nitrogens with one attached hydrogen (secondary N) is 1. The minimum atomic E-state index is 0.709. The van der Waals surface area contributed by atoms with E-state index >= 15 is 0 Å². The average Bonchev–Trinajstić information content (AvgIpc) is 4.29. The number of piperazine rings is 1. The lowest BCUT2D eigenvalue weighted by Gasteiger charge is -2.28. The van der Waals surface area contributed by atoms with Gasteiger partial charge >= 0.3 is 0 Å². The molecule has 3 saturated heterocycles. The Morgan fingerprint density at radius 3 is 0.964 bits per heavy atom. The van der Waals surface area contributed by atoms with Crippen molar-refractivity contribution in [3.63, 3.8) is 0 Å². The number of hydrogen-bond acceptors (Lipinski definition) is 14. The molecule has 0 amide bonds. The molecular weight excluding hydrogens is 1040 g/mol. The molecule has 0 aliphatic carbocycles. The fraction of sp³-hybridized carbons (Fsp3) is 0.507. The van der Waals surface area contributed by atoms with Gasteiger partial charge in [-0.1, -0.05) is 143 Å². The number of piperidine rings is 1. The first-order chi connectivity index (χ1) is 41.5. The van der Waals surface area contributed by atoms with Gasteiger partial charge in [-0.25, -0.2) is 44.9 Å². The van der Waals surface area contributed by atoms with Crippen molar-refractivity contribution in [2.75, 3.05) is 80.3 Å². The van der Waals surface area contributed by atoms with Crippen LogP contribution in [0.25, 0.3) is 51.5 Å². The molecule has 3 fully saturated rings. The van der Waals surface area contributed by atoms with Gasteiger partial charge in [0.2, 0.25) is 0 Å². The number of rotatable bonds is 6. The van der Waals surface area contributed by atoms with Gasteiger partial charge in [-0.3, -0.25) is 13.2 Å². The molecule has 0 radical (unpaired) electrons. The lowest BCUT2D eigenvalue weighted by molar-refractivity contribution is 0.122. The summed E-state index contributed by atoms with van der Waals surface area (Å²) >= 11 is 0. The standard InChI is InChI=1S/C17H19N5.C16H18N6.C16H17N5O.9C2H6/c1-13-16(22-12-6-3-7-15(22)19-13)17-18-9-8-14(20-17)21-10-4-2-5-11-21;1-12-15(22-9-3-2-4-14(22)19-12)16-18-6-5-13(20-16)21-10-7-17-8-11-21;1-12-15(21-7-3-2-4-14(21)18-12)16-17-6-5-13(19-16)20-8-10-22-11-9-20;9*1-2/h3,6-9,12H,2,4-5,10-11H2,1H3;2-6,9,17H,7-8,10-11H2,1H3;2-7H,8-11H2,1H3;9*1-2H3. The van der Waals surface area contributed by atoms with Gasteiger partial charge in [0.25, 0.3) is 0 Å². The van der Waals surface area contributed by atoms with Crippen LogP contribution in [0, 0.1) is 20.8 Å². The molecule has 84 heavy (non-hydrogen) atoms. The summed E-state index contributed by atoms with van der Waals surface area (Å²) in [7, 11) is 0. The summed E-state index contributed by atoms with van der Waals surface area (Å²) in [5.41, 5.74) is 8.51. The SMILES string of the molecule is CC.CC.CC.CC.CC.CC.CC.CC.CC.Cc1nc2ccccn2c1-c1nccc(N2CCCCC2)n1.Cc1nc2ccccn2c1-c1nccc(N2CCNCC2)n1.Cc1nc2ccccn2c1-c1nccc(N2CCOCC2)n1. The van der Waals surface area contributed by atoms with E-state index in [0.29, 0.717) is 5.82 Å². The molecule has 17 heteroatoms. The number of aryl methyl sites for hydroxylation is 3. The maximum Gasteiger partial charge on any atom is 0.180 e. The molecule has 0 unspecified atom stereocenters. The first-order valence-corrected chi connectivity index (χ1v) is 31.8. The van der Waals surface area contributed by atoms with E-state index in [0.717, 1.165) is 146 Å². The molecule has 0 saturated carbocycles. The van der Waals surface area contributed by atoms with Crippen LogP contribution in [0.1, 0.15) is 161 Å². The number of hydrogen-bond donors (Lipinski definition) is 1. The van der Waals surface area contributed by atoms with Crippen molar-refractivity contribution >= 4 is 34.4 Å². The van der Waals surface area contributed by atoms with Gasteiger partial charge in [0.05, 0.1) is 30.3 Å². The van der Waals surface area contributed by atoms with Crippen molar-refractivity contribution in [2.24, 2.45) is 0 Å². The predicted octanol–water partition coefficient (Wildman–Crippen LogP) is 15.8. The van der Waals surface area contributed by atoms with E-state index in [2.05, 4.69) is 54.3 Å². The van der Waals surface area contributed by atoms with Gasteiger partial charge in [0.15, 0.2) is 17.5 Å². The third kappa shape index (κ3) is 20.8. The Hall–Kier alpha value is -7.37. The molecule has 0 aromatic carbocycles. The van der Waals surface area contributed by atoms with Crippen molar-refractivity contribution in [2.45, 2.75) is 165 Å². The first-order valence-electron chi connectivity index (χ1n) is 31.8. The van der Waals surface area contributed by atoms with Crippen LogP contribution in [0.15, 0.2) is 110 Å². The van der Waals surface area contributed by atoms with Crippen LogP contribution in [0.5, 0.6) is 0 Å². The van der Waals surface area contributed by atoms with Crippen molar-refractivity contribution in [3.05, 3.63) is 127 Å². The third-order valence-electron chi connectivity index (χ3n) is 12.1. The molecule has 0 atom stereocenters. The van der Waals surface area contributed by atoms with E-state index < -0.39 is 0 Å². The zero-order chi connectivity index (χ0) is 62.8. The highest BCUT2D eigenvalue weighted by Crippen LogP contribution is 2.27. The summed E-state index contributed by atoms with van der Waals surface area (Å²) in [5.74, 6) is 5.14. The summed E-state index contributed by atoms with van der Waals surface area (Å²) in [5, 5.41) is 3.36. The molecule has 462 valence electrons. The number of aromatic nitrogens is 12. The van der Waals surface area contributed by atoms with Crippen LogP contribution < -0.4 is 20.0 Å². The second-order valence-corrected chi connectivity index (χ2v) is 16.5. The molecule has 12 rings (SSSR count). The number of ether oxygens (including phenoxy) is 1. The van der Waals surface area contributed by atoms with E-state index in [9.17, 15) is 0 Å². The van der Waals surface area contributed by atoms with Crippen molar-refractivity contribution in [3.8, 4) is 34.6 Å². The third-order valence-corrected chi connectivity index (χ3v) is 12.1. The lowest BCUT2D eigenvalue weighted by atomic mass is 10.1. The van der Waals surface area contributed by atoms with Gasteiger partial charge in [0, 0.05) is 89.5 Å². The summed E-state index contributed by atoms with van der Waals surface area (Å²) in [4.78, 5) is 48.4. The fourth-order valence-electron chi connectivity index (χ4n) is 8.88. The average molecular weight is 1150 g/mol. The number of fused-ring (bicyclic) bond motifs is 3. The zero-order valence-corrected chi connectivity index (χ0v) is 55.7. The summed E-state index contributed by atoms with van der Waals surface area (Å²) < 4.78 is 11.5. The second kappa shape index (κ2) is 44.2. The Balaban J connectivity index is 0.000000554. The second-order valence-electron chi connectivity index (χ2n) is 16.5. The topological polar surface area (TPSA) is 160 Å². The highest BCUT2D eigenvalue weighted by atomic mass is 16.5. The summed E-state index contributed by atoms with van der Waals surface area (Å²) in [6.07, 6.45) is 15.3. The number of morpholine rings is 1. The van der Waals surface area contributed by atoms with E-state index in [4.69, 9.17) is 19.7 Å². The van der Waals surface area contributed by atoms with E-state index in [1.54, 1.807) is 0 Å². The Morgan fingerprint density at radius 1 is 0.345 bits per heavy atom. The molecule has 0 bridgehead atoms. The highest BCUT2D eigenvalue weighted by molar-refractivity contribution is 5.65. The monoisotopic (exact) mass is 1150 g/mol. The Kier molecular flexibility index (Phi) is 39.3. The van der Waals surface area contributed by atoms with Gasteiger partial charge in [-0.15, -0.1) is 0 Å². The van der Waals surface area contributed by atoms with Crippen LogP contribution >= 0.6 is 0 Å². The molecule has 9 aromatic heterocycles. The maximum absolute atomic E-state index is 5.40. The maximum atomic E-state index is 5.40. The summed E-state index contributed by atoms with van der Waals surface area (Å²) in [6.45, 7) is 51.3. The largest absolute Gasteiger partial charge is 0.378 e. The number of anilines is 3. The van der Waals surface area contributed by atoms with Gasteiger partial charge in [-0.05, 0) is 94.6 Å². The van der Waals surface area contributed by atoms with Crippen LogP contribution in [0.3, 0.4) is 0 Å². The van der Waals surface area contributed by atoms with E-state index in [-0.39, 0.29) is 0 Å². The minimum Gasteiger partial charge on any atom is -0.378 e. The first kappa shape index (κ1) is 74.6. The number of pyridine rings is 3. The molecule has 0 spiro atoms. The summed E-state index contributed by atoms with van der Waals surface area (Å²) in [6, 6.07) is 23.9. The van der Waals surface area contributed by atoms with Crippen molar-refractivity contribution < 1.29 is 4.74 Å². The fourth-order valence-corrected chi connectivity index (χ4v) is 8.88. The molecule has 9 aromatic rings. The highest BCUT2D eigenvalue weighted by Gasteiger charge is 2.20. The number of nitrogens with zero attached hydrogens (tertiary/aromatic N) is 15. The van der Waals surface area contributed by atoms with Gasteiger partial charge < -0.3 is 24.8 Å². The van der Waals surface area contributed by atoms with Crippen LogP contribution in [0.4, 0.5) is 17.5 Å². The van der Waals surface area contributed by atoms with Crippen LogP contribution in [0.2, 0.25) is 0 Å². The molecule has 1 N–H and O–H groups in total. The van der Waals surface area contributed by atoms with Crippen molar-refractivity contribution in [1.82, 2.24) is 63.4 Å². The van der Waals surface area contributed by atoms with Crippen LogP contribution in [-0.4, -0.2) is 124 Å². The molecule has 3 aliphatic heterocycles. The Bertz CT molecular complexity index is 2750. The molecule has 12 heterocycles. The zero-order valence-electron chi connectivity index (χ0n) is 55.7. The predicted molar refractivity (Wildman–Crippen MR) is 359 cm³/mol. The van der Waals surface area contributed by atoms with Crippen LogP contribution in [-0.2, 0) is 4.74 Å². The normalized spacial score (nSPS) is 12.8. The molecule has 17 nitrogen and oxygen atoms in total. The van der Waals surface area contributed by atoms with E-state index in [1.165, 1.54) is 19.3 Å². The minimum absolute atomic E-state index is 0.709. The van der Waals surface area contributed by atoms with E-state index in [1.807, 2.05) is 264 Å². The lowest BCUT2D eigenvalue weighted by Crippen LogP contribution is -2.43. The Morgan fingerprint density at radius 2 is 0.643 bits per heavy atom. The number of imidazole rings is 3. The molecular formula is C67H108N16O. The quantitative estimate of drug-likeness (QED) is 0.167. The Labute approximate surface area is 506 Å². The van der Waals surface area contributed by atoms with Crippen molar-refractivity contribution in [1.29, 1.82) is 0 Å². The smallest absolute Gasteiger partial charge is 0.180 e. The van der Waals surface area contributed by atoms with Gasteiger partial charge in [0.1, 0.15) is 51.5 Å². The molecule has 3 aliphatic rings.